The number of rotatable bonds is 7. The number of carbonyl (C=O) groups excluding carboxylic acids is 1. The number of hydrogen-bond acceptors (Lipinski definition) is 6. The molecule has 2 aromatic rings. The highest BCUT2D eigenvalue weighted by atomic mass is 35.5. The molecule has 12 heteroatoms. The van der Waals surface area contributed by atoms with E-state index in [-0.39, 0.29) is 32.9 Å². The van der Waals surface area contributed by atoms with Crippen LogP contribution in [0.2, 0.25) is 10.0 Å². The van der Waals surface area contributed by atoms with Crippen LogP contribution in [0.1, 0.15) is 0 Å². The molecule has 28 heavy (non-hydrogen) atoms. The summed E-state index contributed by atoms with van der Waals surface area (Å²) >= 11 is 11.9. The fourth-order valence-electron chi connectivity index (χ4n) is 2.28. The number of nitro benzene ring substituents is 1. The summed E-state index contributed by atoms with van der Waals surface area (Å²) < 4.78 is 30.4. The van der Waals surface area contributed by atoms with Gasteiger partial charge < -0.3 is 10.1 Å². The molecule has 0 atom stereocenters. The molecule has 9 nitrogen and oxygen atoms in total. The van der Waals surface area contributed by atoms with Crippen LogP contribution in [0.3, 0.4) is 0 Å². The van der Waals surface area contributed by atoms with Crippen molar-refractivity contribution in [2.24, 2.45) is 0 Å². The van der Waals surface area contributed by atoms with Gasteiger partial charge in [-0.05, 0) is 24.3 Å². The predicted molar refractivity (Wildman–Crippen MR) is 107 cm³/mol. The molecular weight excluding hydrogens is 433 g/mol. The van der Waals surface area contributed by atoms with Gasteiger partial charge in [-0.1, -0.05) is 23.2 Å². The van der Waals surface area contributed by atoms with Gasteiger partial charge in [-0.15, -0.1) is 0 Å². The van der Waals surface area contributed by atoms with Crippen LogP contribution in [0.4, 0.5) is 17.1 Å². The predicted octanol–water partition coefficient (Wildman–Crippen LogP) is 3.31. The van der Waals surface area contributed by atoms with Crippen LogP contribution in [0.25, 0.3) is 0 Å². The van der Waals surface area contributed by atoms with Crippen molar-refractivity contribution in [2.45, 2.75) is 0 Å². The van der Waals surface area contributed by atoms with Gasteiger partial charge in [0.1, 0.15) is 12.3 Å². The lowest BCUT2D eigenvalue weighted by atomic mass is 10.2. The number of non-ortho nitro benzene ring substituents is 1. The van der Waals surface area contributed by atoms with Crippen molar-refractivity contribution in [3.8, 4) is 5.75 Å². The third kappa shape index (κ3) is 5.24. The number of methoxy groups -OCH3 is 1. The highest BCUT2D eigenvalue weighted by Crippen LogP contribution is 2.33. The summed E-state index contributed by atoms with van der Waals surface area (Å²) in [5.41, 5.74) is -0.235. The SMILES string of the molecule is COc1ccc(Cl)cc1N(CC(=O)Nc1cc([N+](=O)[O-])ccc1Cl)S(C)(=O)=O. The van der Waals surface area contributed by atoms with Crippen molar-refractivity contribution in [2.75, 3.05) is 29.5 Å². The van der Waals surface area contributed by atoms with E-state index in [9.17, 15) is 23.3 Å². The van der Waals surface area contributed by atoms with Gasteiger partial charge in [0.05, 0.1) is 34.7 Å². The molecule has 150 valence electrons. The molecule has 2 rings (SSSR count). The zero-order valence-electron chi connectivity index (χ0n) is 14.7. The highest BCUT2D eigenvalue weighted by molar-refractivity contribution is 7.92. The van der Waals surface area contributed by atoms with Crippen molar-refractivity contribution < 1.29 is 22.9 Å². The molecule has 0 aromatic heterocycles. The Labute approximate surface area is 171 Å². The second kappa shape index (κ2) is 8.63. The molecule has 0 heterocycles. The van der Waals surface area contributed by atoms with E-state index in [0.29, 0.717) is 0 Å². The van der Waals surface area contributed by atoms with Gasteiger partial charge in [-0.25, -0.2) is 8.42 Å². The molecule has 1 amide bonds. The Bertz CT molecular complexity index is 1030. The van der Waals surface area contributed by atoms with Crippen LogP contribution in [-0.4, -0.2) is 39.2 Å². The second-order valence-electron chi connectivity index (χ2n) is 5.56. The maximum Gasteiger partial charge on any atom is 0.271 e. The van der Waals surface area contributed by atoms with Crippen molar-refractivity contribution in [1.82, 2.24) is 0 Å². The minimum Gasteiger partial charge on any atom is -0.495 e. The van der Waals surface area contributed by atoms with Crippen LogP contribution >= 0.6 is 23.2 Å². The molecule has 0 bridgehead atoms. The molecule has 0 aliphatic rings. The fourth-order valence-corrected chi connectivity index (χ4v) is 3.46. The van der Waals surface area contributed by atoms with Crippen molar-refractivity contribution in [3.63, 3.8) is 0 Å². The molecule has 0 aliphatic carbocycles. The molecular formula is C16H15Cl2N3O6S. The number of amides is 1. The Morgan fingerprint density at radius 3 is 2.50 bits per heavy atom. The molecule has 0 saturated heterocycles. The number of benzene rings is 2. The Morgan fingerprint density at radius 1 is 1.25 bits per heavy atom. The number of nitrogens with one attached hydrogen (secondary N) is 1. The summed E-state index contributed by atoms with van der Waals surface area (Å²) in [5.74, 6) is -0.578. The van der Waals surface area contributed by atoms with E-state index in [4.69, 9.17) is 27.9 Å². The fraction of sp³-hybridized carbons (Fsp3) is 0.188. The molecule has 1 N–H and O–H groups in total. The lowest BCUT2D eigenvalue weighted by molar-refractivity contribution is -0.384. The average Bonchev–Trinajstić information content (AvgIpc) is 2.60. The van der Waals surface area contributed by atoms with E-state index in [2.05, 4.69) is 5.32 Å². The maximum absolute atomic E-state index is 12.4. The van der Waals surface area contributed by atoms with Crippen molar-refractivity contribution >= 4 is 56.2 Å². The zero-order valence-corrected chi connectivity index (χ0v) is 17.0. The molecule has 2 aromatic carbocycles. The lowest BCUT2D eigenvalue weighted by Crippen LogP contribution is -2.37. The maximum atomic E-state index is 12.4. The molecule has 0 fully saturated rings. The third-order valence-corrected chi connectivity index (χ3v) is 5.22. The number of carbonyl (C=O) groups is 1. The molecule has 0 radical (unpaired) electrons. The molecule has 0 unspecified atom stereocenters. The summed E-state index contributed by atoms with van der Waals surface area (Å²) in [6.45, 7) is -0.630. The van der Waals surface area contributed by atoms with E-state index in [0.717, 1.165) is 16.6 Å². The first-order valence-electron chi connectivity index (χ1n) is 7.58. The van der Waals surface area contributed by atoms with Gasteiger partial charge in [-0.3, -0.25) is 19.2 Å². The highest BCUT2D eigenvalue weighted by Gasteiger charge is 2.25. The van der Waals surface area contributed by atoms with E-state index in [1.54, 1.807) is 0 Å². The summed E-state index contributed by atoms with van der Waals surface area (Å²) in [5, 5.41) is 13.6. The van der Waals surface area contributed by atoms with Crippen LogP contribution < -0.4 is 14.4 Å². The molecule has 0 saturated carbocycles. The number of halogens is 2. The standard InChI is InChI=1S/C16H15Cl2N3O6S/c1-27-15-6-3-10(17)7-14(15)20(28(2,25)26)9-16(22)19-13-8-11(21(23)24)4-5-12(13)18/h3-8H,9H2,1-2H3,(H,19,22). The summed E-state index contributed by atoms with van der Waals surface area (Å²) in [4.78, 5) is 22.7. The number of nitro groups is 1. The lowest BCUT2D eigenvalue weighted by Gasteiger charge is -2.24. The Kier molecular flexibility index (Phi) is 6.70. The average molecular weight is 448 g/mol. The van der Waals surface area contributed by atoms with Crippen LogP contribution in [0, 0.1) is 10.1 Å². The first kappa shape index (κ1) is 21.7. The minimum atomic E-state index is -3.89. The second-order valence-corrected chi connectivity index (χ2v) is 8.31. The van der Waals surface area contributed by atoms with Gasteiger partial charge in [0, 0.05) is 17.2 Å². The van der Waals surface area contributed by atoms with Gasteiger partial charge >= 0.3 is 0 Å². The number of sulfonamides is 1. The minimum absolute atomic E-state index is 0.0209. The first-order chi connectivity index (χ1) is 13.0. The van der Waals surface area contributed by atoms with Crippen molar-refractivity contribution in [1.29, 1.82) is 0 Å². The van der Waals surface area contributed by atoms with Crippen molar-refractivity contribution in [3.05, 3.63) is 56.6 Å². The smallest absolute Gasteiger partial charge is 0.271 e. The van der Waals surface area contributed by atoms with Gasteiger partial charge in [-0.2, -0.15) is 0 Å². The summed E-state index contributed by atoms with van der Waals surface area (Å²) in [7, 11) is -2.55. The number of hydrogen-bond donors (Lipinski definition) is 1. The van der Waals surface area contributed by atoms with E-state index in [1.165, 1.54) is 37.4 Å². The van der Waals surface area contributed by atoms with Crippen LogP contribution in [0.5, 0.6) is 5.75 Å². The number of nitrogens with zero attached hydrogens (tertiary/aromatic N) is 2. The van der Waals surface area contributed by atoms with E-state index in [1.807, 2.05) is 0 Å². The first-order valence-corrected chi connectivity index (χ1v) is 10.2. The Morgan fingerprint density at radius 2 is 1.93 bits per heavy atom. The molecule has 0 aliphatic heterocycles. The topological polar surface area (TPSA) is 119 Å². The normalized spacial score (nSPS) is 11.0. The zero-order chi connectivity index (χ0) is 21.1. The van der Waals surface area contributed by atoms with E-state index >= 15 is 0 Å². The van der Waals surface area contributed by atoms with Gasteiger partial charge in [0.15, 0.2) is 0 Å². The largest absolute Gasteiger partial charge is 0.495 e. The monoisotopic (exact) mass is 447 g/mol. The van der Waals surface area contributed by atoms with Gasteiger partial charge in [0.25, 0.3) is 5.69 Å². The quantitative estimate of drug-likeness (QED) is 0.513. The molecule has 0 spiro atoms. The summed E-state index contributed by atoms with van der Waals surface area (Å²) in [6.07, 6.45) is 0.918. The Balaban J connectivity index is 2.35. The number of anilines is 2. The van der Waals surface area contributed by atoms with Crippen LogP contribution in [-0.2, 0) is 14.8 Å². The summed E-state index contributed by atoms with van der Waals surface area (Å²) in [6, 6.07) is 7.82. The van der Waals surface area contributed by atoms with Crippen LogP contribution in [0.15, 0.2) is 36.4 Å². The number of ether oxygens (including phenoxy) is 1. The van der Waals surface area contributed by atoms with E-state index < -0.39 is 27.4 Å². The Hall–Kier alpha value is -2.56. The van der Waals surface area contributed by atoms with Gasteiger partial charge in [0.2, 0.25) is 15.9 Å². The third-order valence-electron chi connectivity index (χ3n) is 3.53.